The van der Waals surface area contributed by atoms with Gasteiger partial charge >= 0.3 is 0 Å². The van der Waals surface area contributed by atoms with Crippen LogP contribution in [0.25, 0.3) is 0 Å². The van der Waals surface area contributed by atoms with Gasteiger partial charge in [-0.05, 0) is 79.1 Å². The van der Waals surface area contributed by atoms with Crippen LogP contribution < -0.4 is 0 Å². The first-order chi connectivity index (χ1) is 12.0. The molecule has 1 spiro atoms. The van der Waals surface area contributed by atoms with Gasteiger partial charge in [0, 0.05) is 25.0 Å². The van der Waals surface area contributed by atoms with Gasteiger partial charge in [-0.25, -0.2) is 0 Å². The minimum Gasteiger partial charge on any atom is -0.395 e. The molecule has 5 aliphatic carbocycles. The van der Waals surface area contributed by atoms with Crippen LogP contribution in [0, 0.1) is 34.0 Å². The molecular formula is C22H35NO2. The Kier molecular flexibility index (Phi) is 3.57. The van der Waals surface area contributed by atoms with E-state index in [-0.39, 0.29) is 18.1 Å². The molecule has 6 rings (SSSR count). The van der Waals surface area contributed by atoms with Gasteiger partial charge in [0.2, 0.25) is 0 Å². The van der Waals surface area contributed by atoms with Crippen molar-refractivity contribution >= 4 is 0 Å². The van der Waals surface area contributed by atoms with Gasteiger partial charge in [0.25, 0.3) is 0 Å². The van der Waals surface area contributed by atoms with Crippen molar-refractivity contribution in [1.82, 2.24) is 4.90 Å². The third-order valence-corrected chi connectivity index (χ3v) is 9.63. The van der Waals surface area contributed by atoms with E-state index in [0.717, 1.165) is 24.6 Å². The van der Waals surface area contributed by atoms with Gasteiger partial charge in [-0.1, -0.05) is 19.9 Å². The van der Waals surface area contributed by atoms with Crippen molar-refractivity contribution in [3.8, 4) is 0 Å². The van der Waals surface area contributed by atoms with Crippen molar-refractivity contribution in [2.45, 2.75) is 64.4 Å². The monoisotopic (exact) mass is 345 g/mol. The summed E-state index contributed by atoms with van der Waals surface area (Å²) in [5.74, 6) is 2.04. The molecule has 6 fully saturated rings. The number of hydrogen-bond acceptors (Lipinski definition) is 3. The fraction of sp³-hybridized carbons (Fsp3) is 0.909. The predicted octanol–water partition coefficient (Wildman–Crippen LogP) is 3.21. The molecule has 0 radical (unpaired) electrons. The lowest BCUT2D eigenvalue weighted by Gasteiger charge is -2.73. The van der Waals surface area contributed by atoms with Crippen molar-refractivity contribution in [2.24, 2.45) is 34.0 Å². The first-order valence-corrected chi connectivity index (χ1v) is 10.7. The normalized spacial score (nSPS) is 54.9. The van der Waals surface area contributed by atoms with Crippen molar-refractivity contribution in [3.63, 3.8) is 0 Å². The number of aliphatic hydroxyl groups excluding tert-OH is 2. The molecule has 140 valence electrons. The summed E-state index contributed by atoms with van der Waals surface area (Å²) in [6.45, 7) is 10.3. The molecule has 0 aromatic rings. The molecule has 1 heterocycles. The highest BCUT2D eigenvalue weighted by molar-refractivity contribution is 5.27. The molecule has 0 amide bonds. The van der Waals surface area contributed by atoms with Crippen molar-refractivity contribution in [3.05, 3.63) is 12.2 Å². The number of piperidine rings is 1. The zero-order chi connectivity index (χ0) is 17.4. The van der Waals surface area contributed by atoms with Gasteiger partial charge in [-0.15, -0.1) is 0 Å². The van der Waals surface area contributed by atoms with Crippen LogP contribution in [0.3, 0.4) is 0 Å². The topological polar surface area (TPSA) is 43.7 Å². The highest BCUT2D eigenvalue weighted by atomic mass is 16.3. The lowest BCUT2D eigenvalue weighted by atomic mass is 9.35. The predicted molar refractivity (Wildman–Crippen MR) is 99.1 cm³/mol. The lowest BCUT2D eigenvalue weighted by molar-refractivity contribution is -0.240. The third kappa shape index (κ3) is 1.98. The minimum absolute atomic E-state index is 0.114. The maximum absolute atomic E-state index is 11.2. The average Bonchev–Trinajstić information content (AvgIpc) is 2.58. The van der Waals surface area contributed by atoms with Gasteiger partial charge in [0.05, 0.1) is 12.7 Å². The van der Waals surface area contributed by atoms with Gasteiger partial charge < -0.3 is 10.2 Å². The minimum atomic E-state index is -0.262. The summed E-state index contributed by atoms with van der Waals surface area (Å²) in [7, 11) is 0. The SMILES string of the molecule is C=C1[C@H]2CC[C@@]3(CC[C@@H]4[C@@]5(C)CCC[C@@]4(CN(CCO)C5)[C@@H]3C2)[C@@H]1O. The molecule has 6 aliphatic rings. The van der Waals surface area contributed by atoms with Crippen LogP contribution in [0.1, 0.15) is 58.3 Å². The molecule has 25 heavy (non-hydrogen) atoms. The fourth-order valence-electron chi connectivity index (χ4n) is 8.86. The Bertz CT molecular complexity index is 591. The van der Waals surface area contributed by atoms with Crippen molar-refractivity contribution in [1.29, 1.82) is 0 Å². The Balaban J connectivity index is 1.59. The summed E-state index contributed by atoms with van der Waals surface area (Å²) >= 11 is 0. The summed E-state index contributed by atoms with van der Waals surface area (Å²) in [5.41, 5.74) is 2.05. The number of β-amino-alcohol motifs (C(OH)–C–C–N with tert-alkyl or cyclic N) is 1. The van der Waals surface area contributed by atoms with Crippen molar-refractivity contribution < 1.29 is 10.2 Å². The number of rotatable bonds is 2. The highest BCUT2D eigenvalue weighted by Crippen LogP contribution is 2.73. The van der Waals surface area contributed by atoms with Crippen LogP contribution in [0.15, 0.2) is 12.2 Å². The summed E-state index contributed by atoms with van der Waals surface area (Å²) < 4.78 is 0. The van der Waals surface area contributed by atoms with Crippen LogP contribution >= 0.6 is 0 Å². The second-order valence-electron chi connectivity index (χ2n) is 10.5. The largest absolute Gasteiger partial charge is 0.395 e. The molecule has 3 heteroatoms. The number of fused-ring (bicyclic) bond motifs is 2. The summed E-state index contributed by atoms with van der Waals surface area (Å²) in [6, 6.07) is 0. The molecule has 0 unspecified atom stereocenters. The van der Waals surface area contributed by atoms with Crippen LogP contribution in [0.2, 0.25) is 0 Å². The Morgan fingerprint density at radius 1 is 1.08 bits per heavy atom. The second kappa shape index (κ2) is 5.33. The van der Waals surface area contributed by atoms with E-state index in [2.05, 4.69) is 18.4 Å². The number of aliphatic hydroxyl groups is 2. The molecule has 0 aromatic carbocycles. The van der Waals surface area contributed by atoms with Gasteiger partial charge in [0.15, 0.2) is 0 Å². The Morgan fingerprint density at radius 2 is 1.88 bits per heavy atom. The van der Waals surface area contributed by atoms with E-state index < -0.39 is 0 Å². The smallest absolute Gasteiger partial charge is 0.0809 e. The Morgan fingerprint density at radius 3 is 2.68 bits per heavy atom. The van der Waals surface area contributed by atoms with Crippen LogP contribution in [0.5, 0.6) is 0 Å². The van der Waals surface area contributed by atoms with E-state index in [9.17, 15) is 10.2 Å². The molecule has 1 aliphatic heterocycles. The molecule has 3 nitrogen and oxygen atoms in total. The second-order valence-corrected chi connectivity index (χ2v) is 10.5. The van der Waals surface area contributed by atoms with Gasteiger partial charge in [-0.2, -0.15) is 0 Å². The molecule has 0 aromatic heterocycles. The molecule has 5 saturated carbocycles. The molecule has 4 bridgehead atoms. The van der Waals surface area contributed by atoms with E-state index in [0.29, 0.717) is 22.7 Å². The summed E-state index contributed by atoms with van der Waals surface area (Å²) in [5, 5.41) is 20.8. The molecule has 1 saturated heterocycles. The van der Waals surface area contributed by atoms with E-state index >= 15 is 0 Å². The quantitative estimate of drug-likeness (QED) is 0.755. The molecule has 7 atom stereocenters. The Labute approximate surface area is 152 Å². The van der Waals surface area contributed by atoms with Crippen LogP contribution in [-0.2, 0) is 0 Å². The van der Waals surface area contributed by atoms with Crippen molar-refractivity contribution in [2.75, 3.05) is 26.2 Å². The maximum atomic E-state index is 11.2. The van der Waals surface area contributed by atoms with Gasteiger partial charge in [0.1, 0.15) is 0 Å². The molecule has 2 N–H and O–H groups in total. The van der Waals surface area contributed by atoms with E-state index in [4.69, 9.17) is 0 Å². The summed E-state index contributed by atoms with van der Waals surface area (Å²) in [4.78, 5) is 2.57. The third-order valence-electron chi connectivity index (χ3n) is 9.63. The zero-order valence-corrected chi connectivity index (χ0v) is 15.8. The van der Waals surface area contributed by atoms with E-state index in [1.54, 1.807) is 0 Å². The molecular weight excluding hydrogens is 310 g/mol. The lowest BCUT2D eigenvalue weighted by Crippen LogP contribution is -2.71. The first kappa shape index (κ1) is 16.8. The zero-order valence-electron chi connectivity index (χ0n) is 15.8. The number of hydrogen-bond donors (Lipinski definition) is 2. The van der Waals surface area contributed by atoms with Crippen LogP contribution in [0.4, 0.5) is 0 Å². The van der Waals surface area contributed by atoms with Gasteiger partial charge in [-0.3, -0.25) is 4.90 Å². The van der Waals surface area contributed by atoms with Crippen LogP contribution in [-0.4, -0.2) is 47.5 Å². The van der Waals surface area contributed by atoms with E-state index in [1.165, 1.54) is 57.9 Å². The average molecular weight is 346 g/mol. The van der Waals surface area contributed by atoms with E-state index in [1.807, 2.05) is 0 Å². The summed E-state index contributed by atoms with van der Waals surface area (Å²) in [6.07, 6.45) is 10.0. The highest BCUT2D eigenvalue weighted by Gasteiger charge is 2.69. The first-order valence-electron chi connectivity index (χ1n) is 10.7. The maximum Gasteiger partial charge on any atom is 0.0809 e. The fourth-order valence-corrected chi connectivity index (χ4v) is 8.86. The standard InChI is InChI=1S/C22H35NO2/c1-15-16-4-8-21(19(15)25)9-5-17-20(2)6-3-7-22(17,18(21)12-16)14-23(13-20)10-11-24/h16-19,24-25H,1,3-14H2,2H3/t16-,17+,18+,19+,20-,21-,22-/m0/s1. The Hall–Kier alpha value is -0.380. The number of nitrogens with zero attached hydrogens (tertiary/aromatic N) is 1. The number of likely N-dealkylation sites (tertiary alicyclic amines) is 1.